The van der Waals surface area contributed by atoms with Crippen LogP contribution in [0.3, 0.4) is 0 Å². The molecule has 1 amide bonds. The first kappa shape index (κ1) is 14.4. The van der Waals surface area contributed by atoms with Crippen molar-refractivity contribution in [3.05, 3.63) is 16.1 Å². The lowest BCUT2D eigenvalue weighted by Crippen LogP contribution is -2.46. The Kier molecular flexibility index (Phi) is 5.30. The summed E-state index contributed by atoms with van der Waals surface area (Å²) in [5, 5.41) is 4.28. The van der Waals surface area contributed by atoms with E-state index in [2.05, 4.69) is 29.0 Å². The lowest BCUT2D eigenvalue weighted by atomic mass is 10.3. The number of carbonyl (C=O) groups is 1. The summed E-state index contributed by atoms with van der Waals surface area (Å²) in [6, 6.07) is 0. The Hall–Kier alpha value is -0.980. The van der Waals surface area contributed by atoms with Crippen LogP contribution in [0.15, 0.2) is 6.20 Å². The minimum atomic E-state index is 0.129. The molecule has 1 aliphatic rings. The van der Waals surface area contributed by atoms with Gasteiger partial charge in [-0.05, 0) is 13.1 Å². The van der Waals surface area contributed by atoms with Crippen molar-refractivity contribution in [2.45, 2.75) is 20.4 Å². The van der Waals surface area contributed by atoms with Gasteiger partial charge in [-0.1, -0.05) is 13.8 Å². The monoisotopic (exact) mass is 282 g/mol. The van der Waals surface area contributed by atoms with E-state index in [4.69, 9.17) is 0 Å². The molecule has 1 fully saturated rings. The van der Waals surface area contributed by atoms with Crippen LogP contribution in [0.2, 0.25) is 0 Å². The van der Waals surface area contributed by atoms with Crippen LogP contribution in [0.25, 0.3) is 0 Å². The minimum Gasteiger partial charge on any atom is -0.335 e. The van der Waals surface area contributed by atoms with Crippen LogP contribution >= 0.6 is 11.3 Å². The number of carbonyl (C=O) groups excluding carboxylic acids is 1. The third-order valence-electron chi connectivity index (χ3n) is 3.42. The van der Waals surface area contributed by atoms with Crippen molar-refractivity contribution in [3.8, 4) is 0 Å². The molecule has 0 bridgehead atoms. The second-order valence-electron chi connectivity index (χ2n) is 4.62. The van der Waals surface area contributed by atoms with Gasteiger partial charge in [-0.3, -0.25) is 9.69 Å². The molecule has 0 saturated carbocycles. The molecule has 1 saturated heterocycles. The van der Waals surface area contributed by atoms with Crippen LogP contribution in [0.5, 0.6) is 0 Å². The molecule has 0 atom stereocenters. The van der Waals surface area contributed by atoms with Crippen molar-refractivity contribution in [2.24, 2.45) is 0 Å². The van der Waals surface area contributed by atoms with Gasteiger partial charge in [0.15, 0.2) is 0 Å². The van der Waals surface area contributed by atoms with Crippen molar-refractivity contribution in [2.75, 3.05) is 39.3 Å². The summed E-state index contributed by atoms with van der Waals surface area (Å²) < 4.78 is 0. The normalized spacial score (nSPS) is 16.1. The number of rotatable bonds is 5. The molecule has 19 heavy (non-hydrogen) atoms. The highest BCUT2D eigenvalue weighted by molar-refractivity contribution is 7.13. The summed E-state index contributed by atoms with van der Waals surface area (Å²) in [5.74, 6) is 0.129. The molecule has 1 aromatic heterocycles. The quantitative estimate of drug-likeness (QED) is 0.876. The maximum Gasteiger partial charge on any atom is 0.265 e. The Morgan fingerprint density at radius 3 is 2.74 bits per heavy atom. The van der Waals surface area contributed by atoms with E-state index in [1.807, 2.05) is 4.90 Å². The zero-order valence-corrected chi connectivity index (χ0v) is 12.5. The van der Waals surface area contributed by atoms with Crippen LogP contribution in [0.4, 0.5) is 0 Å². The molecule has 5 nitrogen and oxygen atoms in total. The Morgan fingerprint density at radius 1 is 1.42 bits per heavy atom. The molecule has 2 heterocycles. The predicted octanol–water partition coefficient (Wildman–Crippen LogP) is 1.03. The molecule has 2 rings (SSSR count). The molecule has 1 aliphatic heterocycles. The van der Waals surface area contributed by atoms with Gasteiger partial charge in [-0.2, -0.15) is 0 Å². The molecular formula is C13H22N4OS. The van der Waals surface area contributed by atoms with E-state index in [0.29, 0.717) is 0 Å². The third-order valence-corrected chi connectivity index (χ3v) is 4.39. The van der Waals surface area contributed by atoms with Crippen LogP contribution in [-0.2, 0) is 6.54 Å². The SMILES string of the molecule is CCN(CC)Cc1ncc(C(=O)N2CCNCC2)s1. The summed E-state index contributed by atoms with van der Waals surface area (Å²) in [7, 11) is 0. The summed E-state index contributed by atoms with van der Waals surface area (Å²) in [6.45, 7) is 10.5. The molecule has 0 aliphatic carbocycles. The minimum absolute atomic E-state index is 0.129. The summed E-state index contributed by atoms with van der Waals surface area (Å²) in [5.41, 5.74) is 0. The average Bonchev–Trinajstić information content (AvgIpc) is 2.93. The Bertz CT molecular complexity index is 411. The number of nitrogens with zero attached hydrogens (tertiary/aromatic N) is 3. The fourth-order valence-corrected chi connectivity index (χ4v) is 3.07. The predicted molar refractivity (Wildman–Crippen MR) is 77.5 cm³/mol. The molecule has 1 aromatic rings. The van der Waals surface area contributed by atoms with E-state index in [1.165, 1.54) is 11.3 Å². The Labute approximate surface area is 118 Å². The van der Waals surface area contributed by atoms with Gasteiger partial charge in [-0.15, -0.1) is 11.3 Å². The first-order valence-corrected chi connectivity index (χ1v) is 7.73. The first-order valence-electron chi connectivity index (χ1n) is 6.91. The van der Waals surface area contributed by atoms with Gasteiger partial charge in [-0.25, -0.2) is 4.98 Å². The van der Waals surface area contributed by atoms with Gasteiger partial charge in [0.2, 0.25) is 0 Å². The smallest absolute Gasteiger partial charge is 0.265 e. The van der Waals surface area contributed by atoms with Crippen molar-refractivity contribution in [3.63, 3.8) is 0 Å². The van der Waals surface area contributed by atoms with Gasteiger partial charge in [0.1, 0.15) is 9.88 Å². The lowest BCUT2D eigenvalue weighted by Gasteiger charge is -2.26. The number of hydrogen-bond donors (Lipinski definition) is 1. The van der Waals surface area contributed by atoms with E-state index < -0.39 is 0 Å². The molecule has 1 N–H and O–H groups in total. The summed E-state index contributed by atoms with van der Waals surface area (Å²) in [6.07, 6.45) is 1.73. The highest BCUT2D eigenvalue weighted by Crippen LogP contribution is 2.17. The van der Waals surface area contributed by atoms with Crippen molar-refractivity contribution < 1.29 is 4.79 Å². The van der Waals surface area contributed by atoms with Gasteiger partial charge < -0.3 is 10.2 Å². The van der Waals surface area contributed by atoms with Gasteiger partial charge in [0.05, 0.1) is 12.7 Å². The largest absolute Gasteiger partial charge is 0.335 e. The molecule has 0 radical (unpaired) electrons. The van der Waals surface area contributed by atoms with E-state index >= 15 is 0 Å². The topological polar surface area (TPSA) is 48.5 Å². The second kappa shape index (κ2) is 6.98. The highest BCUT2D eigenvalue weighted by atomic mass is 32.1. The zero-order chi connectivity index (χ0) is 13.7. The summed E-state index contributed by atoms with van der Waals surface area (Å²) >= 11 is 1.53. The third kappa shape index (κ3) is 3.75. The standard InChI is InChI=1S/C13H22N4OS/c1-3-16(4-2)10-12-15-9-11(19-12)13(18)17-7-5-14-6-8-17/h9,14H,3-8,10H2,1-2H3. The number of piperazine rings is 1. The fraction of sp³-hybridized carbons (Fsp3) is 0.692. The molecular weight excluding hydrogens is 260 g/mol. The molecule has 0 unspecified atom stereocenters. The average molecular weight is 282 g/mol. The van der Waals surface area contributed by atoms with Crippen LogP contribution < -0.4 is 5.32 Å². The van der Waals surface area contributed by atoms with E-state index in [9.17, 15) is 4.79 Å². The maximum atomic E-state index is 12.3. The van der Waals surface area contributed by atoms with Crippen LogP contribution in [0.1, 0.15) is 28.5 Å². The van der Waals surface area contributed by atoms with Crippen LogP contribution in [0, 0.1) is 0 Å². The van der Waals surface area contributed by atoms with E-state index in [1.54, 1.807) is 6.20 Å². The molecule has 0 aromatic carbocycles. The number of amides is 1. The Balaban J connectivity index is 1.97. The molecule has 106 valence electrons. The van der Waals surface area contributed by atoms with Crippen LogP contribution in [-0.4, -0.2) is 60.0 Å². The van der Waals surface area contributed by atoms with Gasteiger partial charge in [0.25, 0.3) is 5.91 Å². The van der Waals surface area contributed by atoms with E-state index in [0.717, 1.165) is 55.7 Å². The van der Waals surface area contributed by atoms with Crippen molar-refractivity contribution in [1.29, 1.82) is 0 Å². The number of aromatic nitrogens is 1. The number of nitrogens with one attached hydrogen (secondary N) is 1. The molecule has 0 spiro atoms. The maximum absolute atomic E-state index is 12.3. The second-order valence-corrected chi connectivity index (χ2v) is 5.74. The van der Waals surface area contributed by atoms with Crippen molar-refractivity contribution in [1.82, 2.24) is 20.1 Å². The lowest BCUT2D eigenvalue weighted by molar-refractivity contribution is 0.0740. The zero-order valence-electron chi connectivity index (χ0n) is 11.7. The highest BCUT2D eigenvalue weighted by Gasteiger charge is 2.20. The number of hydrogen-bond acceptors (Lipinski definition) is 5. The van der Waals surface area contributed by atoms with Crippen molar-refractivity contribution >= 4 is 17.2 Å². The van der Waals surface area contributed by atoms with E-state index in [-0.39, 0.29) is 5.91 Å². The van der Waals surface area contributed by atoms with Gasteiger partial charge >= 0.3 is 0 Å². The first-order chi connectivity index (χ1) is 9.24. The summed E-state index contributed by atoms with van der Waals surface area (Å²) in [4.78, 5) is 21.7. The fourth-order valence-electron chi connectivity index (χ4n) is 2.14. The van der Waals surface area contributed by atoms with Gasteiger partial charge in [0, 0.05) is 26.2 Å². The molecule has 6 heteroatoms. The number of thiazole rings is 1. The Morgan fingerprint density at radius 2 is 2.11 bits per heavy atom.